The molecule has 1 aromatic rings. The van der Waals surface area contributed by atoms with Gasteiger partial charge in [-0.3, -0.25) is 9.69 Å². The van der Waals surface area contributed by atoms with Gasteiger partial charge in [0.2, 0.25) is 0 Å². The molecule has 1 amide bonds. The van der Waals surface area contributed by atoms with E-state index in [0.29, 0.717) is 12.2 Å². The fraction of sp³-hybridized carbons (Fsp3) is 0.750. The number of carbonyl (C=O) groups is 1. The van der Waals surface area contributed by atoms with E-state index in [2.05, 4.69) is 9.88 Å². The number of nitrogens with zero attached hydrogens (tertiary/aromatic N) is 3. The third-order valence-electron chi connectivity index (χ3n) is 4.85. The first kappa shape index (κ1) is 21.6. The van der Waals surface area contributed by atoms with Crippen LogP contribution in [-0.4, -0.2) is 53.4 Å². The highest BCUT2D eigenvalue weighted by Gasteiger charge is 2.25. The molecule has 5 nitrogen and oxygen atoms in total. The van der Waals surface area contributed by atoms with Gasteiger partial charge in [-0.25, -0.2) is 4.98 Å². The van der Waals surface area contributed by atoms with Crippen LogP contribution in [-0.2, 0) is 6.54 Å². The van der Waals surface area contributed by atoms with Crippen LogP contribution >= 0.6 is 36.2 Å². The molecular formula is C16H28Cl2N4OS. The van der Waals surface area contributed by atoms with E-state index < -0.39 is 0 Å². The largest absolute Gasteiger partial charge is 0.335 e. The van der Waals surface area contributed by atoms with E-state index in [1.165, 1.54) is 50.0 Å². The van der Waals surface area contributed by atoms with Crippen molar-refractivity contribution < 1.29 is 4.79 Å². The van der Waals surface area contributed by atoms with Gasteiger partial charge in [-0.15, -0.1) is 36.2 Å². The Morgan fingerprint density at radius 3 is 2.42 bits per heavy atom. The summed E-state index contributed by atoms with van der Waals surface area (Å²) in [5.41, 5.74) is 6.13. The molecule has 1 aromatic heterocycles. The van der Waals surface area contributed by atoms with E-state index >= 15 is 0 Å². The van der Waals surface area contributed by atoms with Crippen molar-refractivity contribution in [3.63, 3.8) is 0 Å². The second-order valence-corrected chi connectivity index (χ2v) is 7.37. The molecule has 0 bridgehead atoms. The van der Waals surface area contributed by atoms with Gasteiger partial charge >= 0.3 is 0 Å². The molecule has 0 radical (unpaired) electrons. The maximum Gasteiger partial charge on any atom is 0.273 e. The molecule has 1 aliphatic heterocycles. The number of hydrogen-bond acceptors (Lipinski definition) is 5. The van der Waals surface area contributed by atoms with Gasteiger partial charge in [0, 0.05) is 44.6 Å². The SMILES string of the molecule is Cl.Cl.NCc1nc(C(=O)N2CCN(CC3CCCCC3)CC2)cs1. The second-order valence-electron chi connectivity index (χ2n) is 6.43. The Kier molecular flexibility index (Phi) is 9.52. The van der Waals surface area contributed by atoms with Gasteiger partial charge in [-0.05, 0) is 18.8 Å². The predicted molar refractivity (Wildman–Crippen MR) is 103 cm³/mol. The molecule has 8 heteroatoms. The lowest BCUT2D eigenvalue weighted by atomic mass is 9.89. The Labute approximate surface area is 160 Å². The number of halogens is 2. The first-order valence-electron chi connectivity index (χ1n) is 8.42. The highest BCUT2D eigenvalue weighted by Crippen LogP contribution is 2.24. The fourth-order valence-corrected chi connectivity index (χ4v) is 4.18. The van der Waals surface area contributed by atoms with Crippen LogP contribution < -0.4 is 5.73 Å². The molecule has 0 atom stereocenters. The molecular weight excluding hydrogens is 367 g/mol. The van der Waals surface area contributed by atoms with E-state index in [1.54, 1.807) is 0 Å². The van der Waals surface area contributed by atoms with Crippen LogP contribution in [0.2, 0.25) is 0 Å². The molecule has 24 heavy (non-hydrogen) atoms. The minimum Gasteiger partial charge on any atom is -0.335 e. The van der Waals surface area contributed by atoms with Gasteiger partial charge in [0.1, 0.15) is 10.7 Å². The zero-order chi connectivity index (χ0) is 15.4. The Bertz CT molecular complexity index is 500. The maximum atomic E-state index is 12.4. The molecule has 2 fully saturated rings. The second kappa shape index (κ2) is 10.6. The highest BCUT2D eigenvalue weighted by atomic mass is 35.5. The molecule has 2 heterocycles. The van der Waals surface area contributed by atoms with Crippen LogP contribution in [0.1, 0.15) is 47.6 Å². The van der Waals surface area contributed by atoms with Crippen LogP contribution in [0.3, 0.4) is 0 Å². The summed E-state index contributed by atoms with van der Waals surface area (Å²) >= 11 is 1.47. The molecule has 138 valence electrons. The smallest absolute Gasteiger partial charge is 0.273 e. The summed E-state index contributed by atoms with van der Waals surface area (Å²) < 4.78 is 0. The number of hydrogen-bond donors (Lipinski definition) is 1. The standard InChI is InChI=1S/C16H26N4OS.2ClH/c17-10-15-18-14(12-22-15)16(21)20-8-6-19(7-9-20)11-13-4-2-1-3-5-13;;/h12-13H,1-11,17H2;2*1H. The van der Waals surface area contributed by atoms with E-state index in [1.807, 2.05) is 10.3 Å². The lowest BCUT2D eigenvalue weighted by Gasteiger charge is -2.37. The lowest BCUT2D eigenvalue weighted by molar-refractivity contribution is 0.0601. The minimum absolute atomic E-state index is 0. The van der Waals surface area contributed by atoms with Gasteiger partial charge in [-0.1, -0.05) is 19.3 Å². The molecule has 1 saturated carbocycles. The van der Waals surface area contributed by atoms with Crippen LogP contribution in [0.4, 0.5) is 0 Å². The van der Waals surface area contributed by atoms with Crippen molar-refractivity contribution in [1.82, 2.24) is 14.8 Å². The molecule has 2 N–H and O–H groups in total. The number of nitrogens with two attached hydrogens (primary N) is 1. The van der Waals surface area contributed by atoms with Crippen molar-refractivity contribution in [2.24, 2.45) is 11.7 Å². The van der Waals surface area contributed by atoms with Crippen LogP contribution in [0.5, 0.6) is 0 Å². The van der Waals surface area contributed by atoms with Crippen molar-refractivity contribution in [3.05, 3.63) is 16.1 Å². The van der Waals surface area contributed by atoms with Crippen molar-refractivity contribution in [1.29, 1.82) is 0 Å². The molecule has 2 aliphatic rings. The fourth-order valence-electron chi connectivity index (χ4n) is 3.53. The average molecular weight is 395 g/mol. The van der Waals surface area contributed by atoms with E-state index in [4.69, 9.17) is 5.73 Å². The Morgan fingerprint density at radius 1 is 1.17 bits per heavy atom. The summed E-state index contributed by atoms with van der Waals surface area (Å²) in [4.78, 5) is 21.2. The summed E-state index contributed by atoms with van der Waals surface area (Å²) in [5, 5.41) is 2.66. The average Bonchev–Trinajstić information content (AvgIpc) is 3.05. The zero-order valence-electron chi connectivity index (χ0n) is 14.0. The normalized spacial score (nSPS) is 19.5. The third-order valence-corrected chi connectivity index (χ3v) is 5.72. The van der Waals surface area contributed by atoms with Crippen molar-refractivity contribution in [2.45, 2.75) is 38.6 Å². The number of thiazole rings is 1. The summed E-state index contributed by atoms with van der Waals surface area (Å²) in [7, 11) is 0. The molecule has 0 aromatic carbocycles. The van der Waals surface area contributed by atoms with E-state index in [0.717, 1.165) is 37.1 Å². The summed E-state index contributed by atoms with van der Waals surface area (Å²) in [6.45, 7) is 5.26. The molecule has 1 aliphatic carbocycles. The summed E-state index contributed by atoms with van der Waals surface area (Å²) in [6.07, 6.45) is 6.99. The van der Waals surface area contributed by atoms with Gasteiger partial charge in [0.15, 0.2) is 0 Å². The van der Waals surface area contributed by atoms with E-state index in [-0.39, 0.29) is 30.7 Å². The van der Waals surface area contributed by atoms with Gasteiger partial charge in [0.05, 0.1) is 0 Å². The number of piperazine rings is 1. The molecule has 1 saturated heterocycles. The van der Waals surface area contributed by atoms with Gasteiger partial charge in [-0.2, -0.15) is 0 Å². The van der Waals surface area contributed by atoms with Crippen molar-refractivity contribution in [3.8, 4) is 0 Å². The zero-order valence-corrected chi connectivity index (χ0v) is 16.4. The van der Waals surface area contributed by atoms with Crippen LogP contribution in [0, 0.1) is 5.92 Å². The number of rotatable bonds is 4. The Morgan fingerprint density at radius 2 is 1.83 bits per heavy atom. The Hall–Kier alpha value is -0.400. The highest BCUT2D eigenvalue weighted by molar-refractivity contribution is 7.09. The molecule has 0 spiro atoms. The predicted octanol–water partition coefficient (Wildman–Crippen LogP) is 2.78. The lowest BCUT2D eigenvalue weighted by Crippen LogP contribution is -2.50. The quantitative estimate of drug-likeness (QED) is 0.852. The maximum absolute atomic E-state index is 12.4. The number of amides is 1. The third kappa shape index (κ3) is 5.56. The van der Waals surface area contributed by atoms with Gasteiger partial charge in [0.25, 0.3) is 5.91 Å². The Balaban J connectivity index is 0.00000144. The minimum atomic E-state index is 0. The monoisotopic (exact) mass is 394 g/mol. The molecule has 3 rings (SSSR count). The van der Waals surface area contributed by atoms with E-state index in [9.17, 15) is 4.79 Å². The van der Waals surface area contributed by atoms with Crippen LogP contribution in [0.25, 0.3) is 0 Å². The van der Waals surface area contributed by atoms with Crippen molar-refractivity contribution in [2.75, 3.05) is 32.7 Å². The van der Waals surface area contributed by atoms with Crippen LogP contribution in [0.15, 0.2) is 5.38 Å². The molecule has 0 unspecified atom stereocenters. The van der Waals surface area contributed by atoms with Gasteiger partial charge < -0.3 is 10.6 Å². The summed E-state index contributed by atoms with van der Waals surface area (Å²) in [5.74, 6) is 0.940. The summed E-state index contributed by atoms with van der Waals surface area (Å²) in [6, 6.07) is 0. The number of aromatic nitrogens is 1. The first-order chi connectivity index (χ1) is 10.8. The topological polar surface area (TPSA) is 62.5 Å². The number of carbonyl (C=O) groups excluding carboxylic acids is 1. The first-order valence-corrected chi connectivity index (χ1v) is 9.30. The van der Waals surface area contributed by atoms with Crippen molar-refractivity contribution >= 4 is 42.1 Å².